The number of ether oxygens (including phenoxy) is 1. The lowest BCUT2D eigenvalue weighted by molar-refractivity contribution is -0.384. The first-order valence-electron chi connectivity index (χ1n) is 9.66. The van der Waals surface area contributed by atoms with Crippen molar-refractivity contribution in [2.45, 2.75) is 32.4 Å². The molecule has 1 aromatic rings. The average Bonchev–Trinajstić information content (AvgIpc) is 3.22. The Morgan fingerprint density at radius 1 is 1.24 bits per heavy atom. The number of halogens is 1. The Balaban J connectivity index is 0.00000300. The molecule has 0 radical (unpaired) electrons. The summed E-state index contributed by atoms with van der Waals surface area (Å²) in [6.07, 6.45) is 2.32. The van der Waals surface area contributed by atoms with Gasteiger partial charge in [-0.15, -0.1) is 24.0 Å². The van der Waals surface area contributed by atoms with Crippen molar-refractivity contribution in [2.24, 2.45) is 4.99 Å². The number of nitrogens with one attached hydrogen (secondary N) is 1. The van der Waals surface area contributed by atoms with E-state index in [9.17, 15) is 14.9 Å². The summed E-state index contributed by atoms with van der Waals surface area (Å²) < 4.78 is 5.68. The van der Waals surface area contributed by atoms with Gasteiger partial charge in [0, 0.05) is 58.4 Å². The Morgan fingerprint density at radius 3 is 2.45 bits per heavy atom. The third kappa shape index (κ3) is 6.81. The van der Waals surface area contributed by atoms with Gasteiger partial charge in [-0.1, -0.05) is 12.1 Å². The molecule has 1 aromatic carbocycles. The fourth-order valence-corrected chi connectivity index (χ4v) is 3.40. The van der Waals surface area contributed by atoms with E-state index in [4.69, 9.17) is 9.73 Å². The molecule has 160 valence electrons. The zero-order valence-corrected chi connectivity index (χ0v) is 18.9. The van der Waals surface area contributed by atoms with Gasteiger partial charge in [0.2, 0.25) is 5.91 Å². The van der Waals surface area contributed by atoms with Gasteiger partial charge in [0.05, 0.1) is 17.6 Å². The molecular weight excluding hydrogens is 489 g/mol. The first-order chi connectivity index (χ1) is 13.5. The average molecular weight is 517 g/mol. The minimum absolute atomic E-state index is 0. The molecule has 2 heterocycles. The summed E-state index contributed by atoms with van der Waals surface area (Å²) in [6.45, 7) is 6.31. The molecule has 29 heavy (non-hydrogen) atoms. The van der Waals surface area contributed by atoms with E-state index in [1.54, 1.807) is 19.1 Å². The summed E-state index contributed by atoms with van der Waals surface area (Å²) in [4.78, 5) is 30.7. The maximum atomic E-state index is 11.6. The van der Waals surface area contributed by atoms with Crippen molar-refractivity contribution in [3.8, 4) is 0 Å². The number of hydrogen-bond donors (Lipinski definition) is 1. The number of nitrogens with zero attached hydrogens (tertiary/aromatic N) is 4. The van der Waals surface area contributed by atoms with Gasteiger partial charge in [-0.25, -0.2) is 4.99 Å². The van der Waals surface area contributed by atoms with Crippen molar-refractivity contribution >= 4 is 41.5 Å². The Bertz CT molecular complexity index is 714. The van der Waals surface area contributed by atoms with Crippen molar-refractivity contribution in [1.82, 2.24) is 15.1 Å². The number of amides is 1. The van der Waals surface area contributed by atoms with Crippen LogP contribution in [0.25, 0.3) is 0 Å². The summed E-state index contributed by atoms with van der Waals surface area (Å²) in [5.41, 5.74) is 0.981. The molecule has 0 saturated carbocycles. The van der Waals surface area contributed by atoms with Crippen LogP contribution in [0.4, 0.5) is 5.69 Å². The highest BCUT2D eigenvalue weighted by Crippen LogP contribution is 2.14. The van der Waals surface area contributed by atoms with E-state index in [2.05, 4.69) is 10.2 Å². The molecule has 3 rings (SSSR count). The quantitative estimate of drug-likeness (QED) is 0.211. The number of carbonyl (C=O) groups is 1. The van der Waals surface area contributed by atoms with E-state index in [0.29, 0.717) is 26.2 Å². The van der Waals surface area contributed by atoms with Gasteiger partial charge in [0.25, 0.3) is 5.69 Å². The van der Waals surface area contributed by atoms with Crippen LogP contribution in [0.15, 0.2) is 29.3 Å². The van der Waals surface area contributed by atoms with Crippen LogP contribution in [-0.4, -0.2) is 72.0 Å². The second-order valence-electron chi connectivity index (χ2n) is 7.07. The minimum atomic E-state index is -0.407. The van der Waals surface area contributed by atoms with Gasteiger partial charge in [-0.05, 0) is 18.4 Å². The molecule has 2 fully saturated rings. The summed E-state index contributed by atoms with van der Waals surface area (Å²) >= 11 is 0. The van der Waals surface area contributed by atoms with Gasteiger partial charge in [-0.2, -0.15) is 0 Å². The number of hydrogen-bond acceptors (Lipinski definition) is 5. The van der Waals surface area contributed by atoms with E-state index in [1.165, 1.54) is 12.1 Å². The molecule has 1 amide bonds. The molecule has 10 heteroatoms. The number of non-ortho nitro benzene ring substituents is 1. The summed E-state index contributed by atoms with van der Waals surface area (Å²) in [5, 5.41) is 14.2. The predicted octanol–water partition coefficient (Wildman–Crippen LogP) is 2.00. The van der Waals surface area contributed by atoms with Gasteiger partial charge < -0.3 is 19.9 Å². The zero-order chi connectivity index (χ0) is 19.9. The lowest BCUT2D eigenvalue weighted by atomic mass is 10.2. The van der Waals surface area contributed by atoms with Crippen LogP contribution in [-0.2, 0) is 16.1 Å². The van der Waals surface area contributed by atoms with Crippen LogP contribution in [0.5, 0.6) is 0 Å². The monoisotopic (exact) mass is 517 g/mol. The van der Waals surface area contributed by atoms with Crippen molar-refractivity contribution in [1.29, 1.82) is 0 Å². The first kappa shape index (κ1) is 23.3. The van der Waals surface area contributed by atoms with Crippen LogP contribution < -0.4 is 5.32 Å². The van der Waals surface area contributed by atoms with E-state index < -0.39 is 4.92 Å². The predicted molar refractivity (Wildman–Crippen MR) is 120 cm³/mol. The Hall–Kier alpha value is -1.95. The van der Waals surface area contributed by atoms with Gasteiger partial charge >= 0.3 is 0 Å². The van der Waals surface area contributed by atoms with E-state index in [-0.39, 0.29) is 41.7 Å². The fraction of sp³-hybridized carbons (Fsp3) is 0.579. The number of nitro groups is 1. The minimum Gasteiger partial charge on any atom is -0.376 e. The molecule has 0 bridgehead atoms. The maximum absolute atomic E-state index is 11.6. The van der Waals surface area contributed by atoms with E-state index in [0.717, 1.165) is 44.1 Å². The van der Waals surface area contributed by atoms with E-state index >= 15 is 0 Å². The molecule has 2 aliphatic rings. The third-order valence-electron chi connectivity index (χ3n) is 5.09. The zero-order valence-electron chi connectivity index (χ0n) is 16.6. The lowest BCUT2D eigenvalue weighted by Gasteiger charge is -2.36. The molecule has 9 nitrogen and oxygen atoms in total. The molecule has 0 aliphatic carbocycles. The van der Waals surface area contributed by atoms with Crippen molar-refractivity contribution in [3.63, 3.8) is 0 Å². The largest absolute Gasteiger partial charge is 0.376 e. The van der Waals surface area contributed by atoms with Crippen LogP contribution in [0.1, 0.15) is 25.3 Å². The highest BCUT2D eigenvalue weighted by Gasteiger charge is 2.22. The number of rotatable bonds is 5. The fourth-order valence-electron chi connectivity index (χ4n) is 3.40. The summed E-state index contributed by atoms with van der Waals surface area (Å²) in [7, 11) is 0. The number of guanidine groups is 1. The molecule has 1 unspecified atom stereocenters. The molecule has 1 atom stereocenters. The molecule has 1 N–H and O–H groups in total. The van der Waals surface area contributed by atoms with Crippen molar-refractivity contribution < 1.29 is 14.5 Å². The molecule has 0 aromatic heterocycles. The van der Waals surface area contributed by atoms with Crippen LogP contribution >= 0.6 is 24.0 Å². The van der Waals surface area contributed by atoms with Gasteiger partial charge in [0.15, 0.2) is 5.96 Å². The maximum Gasteiger partial charge on any atom is 0.269 e. The second-order valence-corrected chi connectivity index (χ2v) is 7.07. The second kappa shape index (κ2) is 11.3. The molecule has 0 spiro atoms. The Morgan fingerprint density at radius 2 is 1.90 bits per heavy atom. The highest BCUT2D eigenvalue weighted by molar-refractivity contribution is 14.0. The van der Waals surface area contributed by atoms with Crippen LogP contribution in [0.2, 0.25) is 0 Å². The summed E-state index contributed by atoms with van der Waals surface area (Å²) in [6, 6.07) is 6.45. The van der Waals surface area contributed by atoms with Crippen LogP contribution in [0, 0.1) is 10.1 Å². The highest BCUT2D eigenvalue weighted by atomic mass is 127. The van der Waals surface area contributed by atoms with Crippen LogP contribution in [0.3, 0.4) is 0 Å². The molecule has 2 aliphatic heterocycles. The van der Waals surface area contributed by atoms with E-state index in [1.807, 2.05) is 4.90 Å². The topological polar surface area (TPSA) is 100 Å². The number of benzene rings is 1. The van der Waals surface area contributed by atoms with Crippen molar-refractivity contribution in [3.05, 3.63) is 39.9 Å². The number of carbonyl (C=O) groups excluding carboxylic acids is 1. The number of piperazine rings is 1. The van der Waals surface area contributed by atoms with Gasteiger partial charge in [-0.3, -0.25) is 14.9 Å². The number of nitro benzene ring substituents is 1. The molecule has 2 saturated heterocycles. The van der Waals surface area contributed by atoms with Crippen molar-refractivity contribution in [2.75, 3.05) is 39.3 Å². The number of aliphatic imine (C=N–C) groups is 1. The normalized spacial score (nSPS) is 19.6. The Labute approximate surface area is 187 Å². The standard InChI is InChI=1S/C19H27N5O4.HI/c1-15(25)22-8-10-23(11-9-22)19(21-14-18-3-2-12-28-18)20-13-16-4-6-17(7-5-16)24(26)27;/h4-7,18H,2-3,8-14H2,1H3,(H,20,21);1H. The SMILES string of the molecule is CC(=O)N1CCN(C(=NCc2ccc([N+](=O)[O-])cc2)NCC2CCCO2)CC1.I. The smallest absolute Gasteiger partial charge is 0.269 e. The van der Waals surface area contributed by atoms with Gasteiger partial charge in [0.1, 0.15) is 0 Å². The molecular formula is C19H28IN5O4. The first-order valence-corrected chi connectivity index (χ1v) is 9.66. The lowest BCUT2D eigenvalue weighted by Crippen LogP contribution is -2.54. The Kier molecular flexibility index (Phi) is 9.08. The third-order valence-corrected chi connectivity index (χ3v) is 5.09. The summed E-state index contributed by atoms with van der Waals surface area (Å²) in [5.74, 6) is 0.883.